The number of anilines is 1. The molecule has 3 rings (SSSR count). The molecule has 0 atom stereocenters. The van der Waals surface area contributed by atoms with Crippen LogP contribution in [0.4, 0.5) is 5.13 Å². The number of hydrogen-bond acceptors (Lipinski definition) is 5. The van der Waals surface area contributed by atoms with Gasteiger partial charge in [0.2, 0.25) is 0 Å². The molecule has 2 aromatic carbocycles. The Morgan fingerprint density at radius 2 is 1.88 bits per heavy atom. The largest absolute Gasteiger partial charge is 0.504 e. The van der Waals surface area contributed by atoms with E-state index in [0.717, 1.165) is 11.3 Å². The molecule has 0 saturated carbocycles. The van der Waals surface area contributed by atoms with E-state index in [2.05, 4.69) is 10.3 Å². The molecule has 5 nitrogen and oxygen atoms in total. The van der Waals surface area contributed by atoms with E-state index in [1.54, 1.807) is 12.1 Å². The van der Waals surface area contributed by atoms with Crippen molar-refractivity contribution in [2.45, 2.75) is 13.8 Å². The van der Waals surface area contributed by atoms with E-state index in [-0.39, 0.29) is 17.4 Å². The fourth-order valence-electron chi connectivity index (χ4n) is 2.07. The molecule has 7 heteroatoms. The summed E-state index contributed by atoms with van der Waals surface area (Å²) in [5.74, 6) is -0.109. The summed E-state index contributed by atoms with van der Waals surface area (Å²) in [6, 6.07) is 11.7. The van der Waals surface area contributed by atoms with Gasteiger partial charge in [0, 0.05) is 21.5 Å². The second-order valence-corrected chi connectivity index (χ2v) is 6.18. The topological polar surface area (TPSA) is 71.5 Å². The molecule has 0 fully saturated rings. The van der Waals surface area contributed by atoms with Crippen LogP contribution in [0.2, 0.25) is 5.02 Å². The SMILES string of the molecule is CC.COc1cc(C(=O)Nc2nc(-c3ccc(Cl)cc3)cs2)ccc1O. The molecule has 136 valence electrons. The number of nitrogens with zero attached hydrogens (tertiary/aromatic N) is 1. The number of carbonyl (C=O) groups is 1. The molecule has 0 saturated heterocycles. The van der Waals surface area contributed by atoms with Gasteiger partial charge in [-0.2, -0.15) is 0 Å². The Balaban J connectivity index is 0.00000117. The Bertz CT molecular complexity index is 879. The number of amides is 1. The van der Waals surface area contributed by atoms with Gasteiger partial charge in [0.1, 0.15) is 0 Å². The van der Waals surface area contributed by atoms with Gasteiger partial charge < -0.3 is 9.84 Å². The highest BCUT2D eigenvalue weighted by atomic mass is 35.5. The number of benzene rings is 2. The Hall–Kier alpha value is -2.57. The summed E-state index contributed by atoms with van der Waals surface area (Å²) >= 11 is 7.20. The number of phenolic OH excluding ortho intramolecular Hbond substituents is 1. The van der Waals surface area contributed by atoms with Gasteiger partial charge >= 0.3 is 0 Å². The number of aromatic hydroxyl groups is 1. The number of hydrogen-bond donors (Lipinski definition) is 2. The second-order valence-electron chi connectivity index (χ2n) is 4.89. The average molecular weight is 391 g/mol. The molecule has 0 bridgehead atoms. The Kier molecular flexibility index (Phi) is 7.00. The van der Waals surface area contributed by atoms with Crippen LogP contribution in [0.25, 0.3) is 11.3 Å². The van der Waals surface area contributed by atoms with Crippen LogP contribution in [0.15, 0.2) is 47.8 Å². The molecule has 1 heterocycles. The third-order valence-electron chi connectivity index (χ3n) is 3.31. The fourth-order valence-corrected chi connectivity index (χ4v) is 2.91. The summed E-state index contributed by atoms with van der Waals surface area (Å²) in [6.07, 6.45) is 0. The number of thiazole rings is 1. The van der Waals surface area contributed by atoms with Crippen molar-refractivity contribution in [1.82, 2.24) is 4.98 Å². The number of phenols is 1. The maximum Gasteiger partial charge on any atom is 0.257 e. The normalized spacial score (nSPS) is 9.85. The summed E-state index contributed by atoms with van der Waals surface area (Å²) in [7, 11) is 1.43. The maximum absolute atomic E-state index is 12.3. The molecule has 0 aliphatic heterocycles. The first kappa shape index (κ1) is 19.8. The van der Waals surface area contributed by atoms with Crippen LogP contribution in [-0.2, 0) is 0 Å². The number of rotatable bonds is 4. The molecule has 1 aromatic heterocycles. The second kappa shape index (κ2) is 9.22. The summed E-state index contributed by atoms with van der Waals surface area (Å²) in [5, 5.41) is 15.3. The number of ether oxygens (including phenoxy) is 1. The Morgan fingerprint density at radius 3 is 2.54 bits per heavy atom. The summed E-state index contributed by atoms with van der Waals surface area (Å²) < 4.78 is 5.00. The zero-order valence-electron chi connectivity index (χ0n) is 14.6. The first-order chi connectivity index (χ1) is 12.6. The number of carbonyl (C=O) groups excluding carboxylic acids is 1. The number of aromatic nitrogens is 1. The third kappa shape index (κ3) is 4.74. The molecule has 0 spiro atoms. The Morgan fingerprint density at radius 1 is 1.19 bits per heavy atom. The summed E-state index contributed by atoms with van der Waals surface area (Å²) in [4.78, 5) is 16.7. The van der Waals surface area contributed by atoms with Crippen molar-refractivity contribution >= 4 is 34.0 Å². The van der Waals surface area contributed by atoms with E-state index in [4.69, 9.17) is 16.3 Å². The molecule has 2 N–H and O–H groups in total. The highest BCUT2D eigenvalue weighted by Crippen LogP contribution is 2.28. The summed E-state index contributed by atoms with van der Waals surface area (Å²) in [6.45, 7) is 4.00. The average Bonchev–Trinajstić information content (AvgIpc) is 3.12. The van der Waals surface area contributed by atoms with E-state index in [9.17, 15) is 9.90 Å². The van der Waals surface area contributed by atoms with Crippen molar-refractivity contribution in [2.24, 2.45) is 0 Å². The number of halogens is 1. The molecule has 0 aliphatic rings. The lowest BCUT2D eigenvalue weighted by molar-refractivity contribution is 0.102. The zero-order valence-corrected chi connectivity index (χ0v) is 16.2. The first-order valence-electron chi connectivity index (χ1n) is 7.96. The molecule has 3 aromatic rings. The molecule has 0 unspecified atom stereocenters. The summed E-state index contributed by atoms with van der Waals surface area (Å²) in [5.41, 5.74) is 2.05. The minimum atomic E-state index is -0.328. The van der Waals surface area contributed by atoms with Crippen LogP contribution in [0.1, 0.15) is 24.2 Å². The predicted octanol–water partition coefficient (Wildman–Crippen LogP) is 5.46. The van der Waals surface area contributed by atoms with Gasteiger partial charge in [0.15, 0.2) is 16.6 Å². The molecule has 26 heavy (non-hydrogen) atoms. The lowest BCUT2D eigenvalue weighted by atomic mass is 10.2. The van der Waals surface area contributed by atoms with Crippen molar-refractivity contribution in [3.05, 3.63) is 58.4 Å². The monoisotopic (exact) mass is 390 g/mol. The quantitative estimate of drug-likeness (QED) is 0.620. The van der Waals surface area contributed by atoms with Crippen LogP contribution in [0.5, 0.6) is 11.5 Å². The van der Waals surface area contributed by atoms with Crippen molar-refractivity contribution in [3.8, 4) is 22.8 Å². The highest BCUT2D eigenvalue weighted by Gasteiger charge is 2.12. The minimum absolute atomic E-state index is 0.0201. The molecular weight excluding hydrogens is 372 g/mol. The van der Waals surface area contributed by atoms with Gasteiger partial charge in [-0.05, 0) is 30.3 Å². The molecule has 0 aliphatic carbocycles. The molecular formula is C19H19ClN2O3S. The Labute approximate surface area is 161 Å². The van der Waals surface area contributed by atoms with Gasteiger partial charge in [0.05, 0.1) is 12.8 Å². The van der Waals surface area contributed by atoms with Gasteiger partial charge in [-0.25, -0.2) is 4.98 Å². The highest BCUT2D eigenvalue weighted by molar-refractivity contribution is 7.14. The fraction of sp³-hybridized carbons (Fsp3) is 0.158. The van der Waals surface area contributed by atoms with Crippen LogP contribution in [0.3, 0.4) is 0 Å². The van der Waals surface area contributed by atoms with Crippen molar-refractivity contribution in [2.75, 3.05) is 12.4 Å². The van der Waals surface area contributed by atoms with E-state index < -0.39 is 0 Å². The van der Waals surface area contributed by atoms with Crippen molar-refractivity contribution in [1.29, 1.82) is 0 Å². The maximum atomic E-state index is 12.3. The standard InChI is InChI=1S/C17H13ClN2O3S.C2H6/c1-23-15-8-11(4-7-14(15)21)16(22)20-17-19-13(9-24-17)10-2-5-12(18)6-3-10;1-2/h2-9,21H,1H3,(H,19,20,22);1-2H3. The number of methoxy groups -OCH3 is 1. The molecule has 0 radical (unpaired) electrons. The number of nitrogens with one attached hydrogen (secondary N) is 1. The smallest absolute Gasteiger partial charge is 0.257 e. The third-order valence-corrected chi connectivity index (χ3v) is 4.32. The van der Waals surface area contributed by atoms with E-state index in [1.165, 1.54) is 36.6 Å². The van der Waals surface area contributed by atoms with E-state index in [0.29, 0.717) is 15.7 Å². The van der Waals surface area contributed by atoms with Gasteiger partial charge in [-0.3, -0.25) is 10.1 Å². The van der Waals surface area contributed by atoms with Crippen LogP contribution in [-0.4, -0.2) is 23.1 Å². The van der Waals surface area contributed by atoms with Gasteiger partial charge in [-0.1, -0.05) is 37.6 Å². The zero-order chi connectivity index (χ0) is 19.1. The van der Waals surface area contributed by atoms with Crippen molar-refractivity contribution in [3.63, 3.8) is 0 Å². The van der Waals surface area contributed by atoms with Crippen LogP contribution in [0, 0.1) is 0 Å². The first-order valence-corrected chi connectivity index (χ1v) is 9.22. The predicted molar refractivity (Wildman–Crippen MR) is 107 cm³/mol. The lowest BCUT2D eigenvalue weighted by Crippen LogP contribution is -2.11. The van der Waals surface area contributed by atoms with E-state index in [1.807, 2.05) is 31.4 Å². The van der Waals surface area contributed by atoms with Gasteiger partial charge in [0.25, 0.3) is 5.91 Å². The van der Waals surface area contributed by atoms with Gasteiger partial charge in [-0.15, -0.1) is 11.3 Å². The molecule has 1 amide bonds. The van der Waals surface area contributed by atoms with Crippen molar-refractivity contribution < 1.29 is 14.6 Å². The lowest BCUT2D eigenvalue weighted by Gasteiger charge is -2.06. The van der Waals surface area contributed by atoms with E-state index >= 15 is 0 Å². The van der Waals surface area contributed by atoms with Crippen LogP contribution < -0.4 is 10.1 Å². The van der Waals surface area contributed by atoms with Crippen LogP contribution >= 0.6 is 22.9 Å². The minimum Gasteiger partial charge on any atom is -0.504 e.